The minimum absolute atomic E-state index is 0.107. The zero-order chi connectivity index (χ0) is 16.2. The number of carbonyl (C=O) groups excluding carboxylic acids is 1. The summed E-state index contributed by atoms with van der Waals surface area (Å²) < 4.78 is 0. The van der Waals surface area contributed by atoms with Gasteiger partial charge in [-0.15, -0.1) is 0 Å². The smallest absolute Gasteiger partial charge is 0.319 e. The number of urea groups is 1. The first-order valence-electron chi connectivity index (χ1n) is 7.95. The second-order valence-corrected chi connectivity index (χ2v) is 6.69. The molecule has 0 aromatic heterocycles. The summed E-state index contributed by atoms with van der Waals surface area (Å²) in [7, 11) is 2.09. The molecule has 1 fully saturated rings. The van der Waals surface area contributed by atoms with Gasteiger partial charge >= 0.3 is 6.03 Å². The number of amides is 2. The van der Waals surface area contributed by atoms with Gasteiger partial charge < -0.3 is 20.6 Å². The molecule has 0 radical (unpaired) electrons. The van der Waals surface area contributed by atoms with Crippen LogP contribution < -0.4 is 15.5 Å². The van der Waals surface area contributed by atoms with Crippen molar-refractivity contribution in [2.75, 3.05) is 23.9 Å². The van der Waals surface area contributed by atoms with Crippen molar-refractivity contribution in [2.24, 2.45) is 0 Å². The Labute approximate surface area is 132 Å². The topological polar surface area (TPSA) is 64.6 Å². The zero-order valence-electron chi connectivity index (χ0n) is 13.7. The number of hydrogen-bond acceptors (Lipinski definition) is 3. The summed E-state index contributed by atoms with van der Waals surface area (Å²) in [6, 6.07) is 8.09. The summed E-state index contributed by atoms with van der Waals surface area (Å²) in [5.41, 5.74) is 1.19. The summed E-state index contributed by atoms with van der Waals surface area (Å²) in [5, 5.41) is 14.9. The molecule has 0 bridgehead atoms. The van der Waals surface area contributed by atoms with Crippen LogP contribution in [0.1, 0.15) is 39.5 Å². The van der Waals surface area contributed by atoms with E-state index in [0.717, 1.165) is 11.4 Å². The molecule has 0 saturated heterocycles. The molecular formula is C17H27N3O2. The minimum Gasteiger partial charge on any atom is -0.394 e. The molecule has 22 heavy (non-hydrogen) atoms. The molecule has 5 nitrogen and oxygen atoms in total. The highest BCUT2D eigenvalue weighted by Crippen LogP contribution is 2.31. The van der Waals surface area contributed by atoms with Crippen LogP contribution in [0.15, 0.2) is 24.3 Å². The maximum atomic E-state index is 12.1. The van der Waals surface area contributed by atoms with Crippen LogP contribution in [-0.4, -0.2) is 36.4 Å². The Morgan fingerprint density at radius 3 is 2.59 bits per heavy atom. The molecule has 0 atom stereocenters. The van der Waals surface area contributed by atoms with Gasteiger partial charge in [0.15, 0.2) is 0 Å². The van der Waals surface area contributed by atoms with E-state index in [0.29, 0.717) is 6.04 Å². The van der Waals surface area contributed by atoms with Crippen LogP contribution in [-0.2, 0) is 0 Å². The van der Waals surface area contributed by atoms with Gasteiger partial charge in [0.2, 0.25) is 0 Å². The van der Waals surface area contributed by atoms with Crippen molar-refractivity contribution in [1.82, 2.24) is 5.32 Å². The zero-order valence-corrected chi connectivity index (χ0v) is 13.7. The van der Waals surface area contributed by atoms with E-state index in [1.807, 2.05) is 24.3 Å². The highest BCUT2D eigenvalue weighted by atomic mass is 16.3. The van der Waals surface area contributed by atoms with Gasteiger partial charge in [0, 0.05) is 13.1 Å². The molecule has 3 N–H and O–H groups in total. The Kier molecular flexibility index (Phi) is 5.29. The van der Waals surface area contributed by atoms with Crippen LogP contribution in [0.25, 0.3) is 0 Å². The van der Waals surface area contributed by atoms with Crippen LogP contribution >= 0.6 is 0 Å². The van der Waals surface area contributed by atoms with E-state index in [2.05, 4.69) is 22.6 Å². The van der Waals surface area contributed by atoms with Crippen molar-refractivity contribution < 1.29 is 9.90 Å². The Morgan fingerprint density at radius 2 is 1.95 bits per heavy atom. The summed E-state index contributed by atoms with van der Waals surface area (Å²) in [6.45, 7) is 3.45. The molecule has 1 saturated carbocycles. The molecular weight excluding hydrogens is 278 g/mol. The summed E-state index contributed by atoms with van der Waals surface area (Å²) >= 11 is 0. The Bertz CT molecular complexity index is 510. The number of hydrogen-bond donors (Lipinski definition) is 3. The van der Waals surface area contributed by atoms with Crippen LogP contribution in [0.4, 0.5) is 16.2 Å². The molecule has 1 aliphatic carbocycles. The standard InChI is InChI=1S/C17H27N3O2/c1-17(2,12-21)19-16(22)18-14-10-6-7-11-15(14)20(3)13-8-4-5-9-13/h6-7,10-11,13,21H,4-5,8-9,12H2,1-3H3,(H2,18,19,22). The van der Waals surface area contributed by atoms with Gasteiger partial charge in [-0.25, -0.2) is 4.79 Å². The highest BCUT2D eigenvalue weighted by Gasteiger charge is 2.23. The third kappa shape index (κ3) is 4.13. The number of nitrogens with one attached hydrogen (secondary N) is 2. The van der Waals surface area contributed by atoms with E-state index in [4.69, 9.17) is 0 Å². The molecule has 2 amide bonds. The number of aliphatic hydroxyl groups is 1. The van der Waals surface area contributed by atoms with Crippen molar-refractivity contribution in [3.63, 3.8) is 0 Å². The number of nitrogens with zero attached hydrogens (tertiary/aromatic N) is 1. The van der Waals surface area contributed by atoms with Crippen LogP contribution in [0.2, 0.25) is 0 Å². The van der Waals surface area contributed by atoms with Gasteiger partial charge in [-0.2, -0.15) is 0 Å². The molecule has 0 spiro atoms. The molecule has 0 unspecified atom stereocenters. The van der Waals surface area contributed by atoms with Gasteiger partial charge in [-0.1, -0.05) is 25.0 Å². The largest absolute Gasteiger partial charge is 0.394 e. The number of para-hydroxylation sites is 2. The fraction of sp³-hybridized carbons (Fsp3) is 0.588. The molecule has 1 aromatic rings. The number of carbonyl (C=O) groups is 1. The Balaban J connectivity index is 2.09. The molecule has 122 valence electrons. The number of rotatable bonds is 5. The van der Waals surface area contributed by atoms with Crippen LogP contribution in [0.3, 0.4) is 0 Å². The van der Waals surface area contributed by atoms with Gasteiger partial charge in [0.1, 0.15) is 0 Å². The van der Waals surface area contributed by atoms with Gasteiger partial charge in [-0.3, -0.25) is 0 Å². The lowest BCUT2D eigenvalue weighted by molar-refractivity contribution is 0.187. The monoisotopic (exact) mass is 305 g/mol. The number of anilines is 2. The highest BCUT2D eigenvalue weighted by molar-refractivity contribution is 5.93. The summed E-state index contributed by atoms with van der Waals surface area (Å²) in [4.78, 5) is 14.4. The van der Waals surface area contributed by atoms with Gasteiger partial charge in [-0.05, 0) is 38.8 Å². The SMILES string of the molecule is CN(c1ccccc1NC(=O)NC(C)(C)CO)C1CCCC1. The molecule has 2 rings (SSSR count). The fourth-order valence-corrected chi connectivity index (χ4v) is 2.88. The van der Waals surface area contributed by atoms with E-state index in [-0.39, 0.29) is 12.6 Å². The third-order valence-electron chi connectivity index (χ3n) is 4.25. The average molecular weight is 305 g/mol. The minimum atomic E-state index is -0.642. The van der Waals surface area contributed by atoms with E-state index < -0.39 is 5.54 Å². The van der Waals surface area contributed by atoms with Crippen LogP contribution in [0.5, 0.6) is 0 Å². The van der Waals surface area contributed by atoms with Crippen molar-refractivity contribution in [3.05, 3.63) is 24.3 Å². The quantitative estimate of drug-likeness (QED) is 0.783. The van der Waals surface area contributed by atoms with Gasteiger partial charge in [0.25, 0.3) is 0 Å². The first-order chi connectivity index (χ1) is 10.4. The van der Waals surface area contributed by atoms with Crippen LogP contribution in [0, 0.1) is 0 Å². The molecule has 1 aromatic carbocycles. The maximum Gasteiger partial charge on any atom is 0.319 e. The first-order valence-corrected chi connectivity index (χ1v) is 7.95. The van der Waals surface area contributed by atoms with Crippen molar-refractivity contribution in [3.8, 4) is 0 Å². The predicted molar refractivity (Wildman–Crippen MR) is 90.4 cm³/mol. The second-order valence-electron chi connectivity index (χ2n) is 6.69. The Hall–Kier alpha value is -1.75. The van der Waals surface area contributed by atoms with Gasteiger partial charge in [0.05, 0.1) is 23.5 Å². The first kappa shape index (κ1) is 16.6. The summed E-state index contributed by atoms with van der Waals surface area (Å²) in [6.07, 6.45) is 4.95. The average Bonchev–Trinajstić information content (AvgIpc) is 3.00. The van der Waals surface area contributed by atoms with Crippen molar-refractivity contribution >= 4 is 17.4 Å². The maximum absolute atomic E-state index is 12.1. The molecule has 0 heterocycles. The summed E-state index contributed by atoms with van der Waals surface area (Å²) in [5.74, 6) is 0. The number of aliphatic hydroxyl groups excluding tert-OH is 1. The lowest BCUT2D eigenvalue weighted by Crippen LogP contribution is -2.48. The lowest BCUT2D eigenvalue weighted by Gasteiger charge is -2.29. The predicted octanol–water partition coefficient (Wildman–Crippen LogP) is 2.96. The lowest BCUT2D eigenvalue weighted by atomic mass is 10.1. The van der Waals surface area contributed by atoms with Crippen molar-refractivity contribution in [1.29, 1.82) is 0 Å². The second kappa shape index (κ2) is 7.01. The molecule has 0 aliphatic heterocycles. The van der Waals surface area contributed by atoms with E-state index in [1.54, 1.807) is 13.8 Å². The number of benzene rings is 1. The van der Waals surface area contributed by atoms with E-state index >= 15 is 0 Å². The van der Waals surface area contributed by atoms with Crippen molar-refractivity contribution in [2.45, 2.75) is 51.1 Å². The fourth-order valence-electron chi connectivity index (χ4n) is 2.88. The van der Waals surface area contributed by atoms with E-state index in [9.17, 15) is 9.90 Å². The normalized spacial score (nSPS) is 15.6. The molecule has 1 aliphatic rings. The van der Waals surface area contributed by atoms with E-state index in [1.165, 1.54) is 25.7 Å². The molecule has 5 heteroatoms. The third-order valence-corrected chi connectivity index (χ3v) is 4.25. The Morgan fingerprint density at radius 1 is 1.32 bits per heavy atom.